The SMILES string of the molecule is N#CC(C#N)=C(C#N)Nc1ccc(S(=O)(=O)O)cc1Oc1ccccc1C1CCCCC1. The molecule has 0 radical (unpaired) electrons. The molecule has 3 rings (SSSR count). The summed E-state index contributed by atoms with van der Waals surface area (Å²) in [5, 5.41) is 30.2. The molecule has 2 aromatic carbocycles. The van der Waals surface area contributed by atoms with Gasteiger partial charge in [0, 0.05) is 6.07 Å². The summed E-state index contributed by atoms with van der Waals surface area (Å²) in [6.45, 7) is 0. The van der Waals surface area contributed by atoms with Crippen LogP contribution in [0.2, 0.25) is 0 Å². The number of anilines is 1. The molecular weight excluding hydrogens is 428 g/mol. The molecule has 0 aromatic heterocycles. The fourth-order valence-corrected chi connectivity index (χ4v) is 4.21. The third-order valence-corrected chi connectivity index (χ3v) is 6.13. The van der Waals surface area contributed by atoms with Gasteiger partial charge in [-0.15, -0.1) is 0 Å². The second kappa shape index (κ2) is 9.98. The van der Waals surface area contributed by atoms with Crippen LogP contribution in [0.4, 0.5) is 5.69 Å². The molecule has 162 valence electrons. The Kier molecular flexibility index (Phi) is 7.12. The summed E-state index contributed by atoms with van der Waals surface area (Å²) in [4.78, 5) is -0.392. The molecule has 1 fully saturated rings. The van der Waals surface area contributed by atoms with Gasteiger partial charge in [0.1, 0.15) is 29.7 Å². The van der Waals surface area contributed by atoms with Crippen LogP contribution in [0.25, 0.3) is 0 Å². The van der Waals surface area contributed by atoms with Crippen molar-refractivity contribution in [3.8, 4) is 29.7 Å². The molecular formula is C23H20N4O4S. The zero-order valence-electron chi connectivity index (χ0n) is 17.1. The third-order valence-electron chi connectivity index (χ3n) is 5.28. The van der Waals surface area contributed by atoms with Crippen LogP contribution in [0.5, 0.6) is 11.5 Å². The van der Waals surface area contributed by atoms with Crippen molar-refractivity contribution >= 4 is 15.8 Å². The monoisotopic (exact) mass is 448 g/mol. The maximum absolute atomic E-state index is 11.7. The standard InChI is InChI=1S/C23H20N4O4S/c24-13-17(14-25)21(15-26)27-20-11-10-18(32(28,29)30)12-23(20)31-22-9-5-4-8-19(22)16-6-2-1-3-7-16/h4-5,8-12,16,27H,1-3,6-7H2,(H,28,29,30). The summed E-state index contributed by atoms with van der Waals surface area (Å²) in [6, 6.07) is 16.0. The summed E-state index contributed by atoms with van der Waals surface area (Å²) in [5.41, 5.74) is 0.413. The highest BCUT2D eigenvalue weighted by Crippen LogP contribution is 2.41. The van der Waals surface area contributed by atoms with E-state index >= 15 is 0 Å². The zero-order valence-corrected chi connectivity index (χ0v) is 17.9. The van der Waals surface area contributed by atoms with Gasteiger partial charge in [-0.25, -0.2) is 0 Å². The molecule has 1 aliphatic carbocycles. The highest BCUT2D eigenvalue weighted by molar-refractivity contribution is 7.85. The Morgan fingerprint density at radius 1 is 0.969 bits per heavy atom. The number of nitrogens with zero attached hydrogens (tertiary/aromatic N) is 3. The summed E-state index contributed by atoms with van der Waals surface area (Å²) in [7, 11) is -4.51. The molecule has 0 heterocycles. The van der Waals surface area contributed by atoms with Gasteiger partial charge in [0.2, 0.25) is 0 Å². The second-order valence-electron chi connectivity index (χ2n) is 7.32. The molecule has 32 heavy (non-hydrogen) atoms. The summed E-state index contributed by atoms with van der Waals surface area (Å²) >= 11 is 0. The van der Waals surface area contributed by atoms with Crippen LogP contribution in [0, 0.1) is 34.0 Å². The Morgan fingerprint density at radius 2 is 1.66 bits per heavy atom. The van der Waals surface area contributed by atoms with Crippen molar-refractivity contribution in [1.82, 2.24) is 0 Å². The first-order chi connectivity index (χ1) is 15.4. The van der Waals surface area contributed by atoms with E-state index in [4.69, 9.17) is 15.3 Å². The van der Waals surface area contributed by atoms with Gasteiger partial charge in [0.05, 0.1) is 10.6 Å². The predicted molar refractivity (Wildman–Crippen MR) is 116 cm³/mol. The molecule has 9 heteroatoms. The van der Waals surface area contributed by atoms with E-state index in [1.807, 2.05) is 12.1 Å². The molecule has 2 aromatic rings. The van der Waals surface area contributed by atoms with Crippen LogP contribution in [0.1, 0.15) is 43.6 Å². The van der Waals surface area contributed by atoms with Crippen LogP contribution >= 0.6 is 0 Å². The average molecular weight is 449 g/mol. The normalized spacial score (nSPS) is 13.8. The lowest BCUT2D eigenvalue weighted by Gasteiger charge is -2.24. The van der Waals surface area contributed by atoms with E-state index in [1.54, 1.807) is 30.3 Å². The average Bonchev–Trinajstić information content (AvgIpc) is 2.80. The summed E-state index contributed by atoms with van der Waals surface area (Å²) < 4.78 is 38.9. The van der Waals surface area contributed by atoms with Gasteiger partial charge in [-0.05, 0) is 42.5 Å². The third kappa shape index (κ3) is 5.25. The molecule has 8 nitrogen and oxygen atoms in total. The molecule has 0 atom stereocenters. The fourth-order valence-electron chi connectivity index (χ4n) is 3.71. The van der Waals surface area contributed by atoms with Crippen molar-refractivity contribution in [2.45, 2.75) is 42.9 Å². The lowest BCUT2D eigenvalue weighted by atomic mass is 9.84. The zero-order chi connectivity index (χ0) is 23.1. The smallest absolute Gasteiger partial charge is 0.294 e. The summed E-state index contributed by atoms with van der Waals surface area (Å²) in [5.74, 6) is 0.851. The van der Waals surface area contributed by atoms with Crippen molar-refractivity contribution in [3.05, 3.63) is 59.3 Å². The molecule has 0 unspecified atom stereocenters. The van der Waals surface area contributed by atoms with Gasteiger partial charge in [0.15, 0.2) is 11.3 Å². The van der Waals surface area contributed by atoms with Crippen molar-refractivity contribution in [1.29, 1.82) is 15.8 Å². The lowest BCUT2D eigenvalue weighted by Crippen LogP contribution is -2.07. The Labute approximate surface area is 186 Å². The highest BCUT2D eigenvalue weighted by atomic mass is 32.2. The van der Waals surface area contributed by atoms with E-state index in [0.717, 1.165) is 43.4 Å². The molecule has 0 amide bonds. The van der Waals surface area contributed by atoms with Gasteiger partial charge < -0.3 is 10.1 Å². The van der Waals surface area contributed by atoms with Crippen LogP contribution in [0.15, 0.2) is 58.6 Å². The van der Waals surface area contributed by atoms with Crippen molar-refractivity contribution < 1.29 is 17.7 Å². The molecule has 2 N–H and O–H groups in total. The van der Waals surface area contributed by atoms with E-state index in [9.17, 15) is 18.2 Å². The van der Waals surface area contributed by atoms with Crippen molar-refractivity contribution in [2.75, 3.05) is 5.32 Å². The maximum Gasteiger partial charge on any atom is 0.294 e. The number of allylic oxidation sites excluding steroid dienone is 2. The highest BCUT2D eigenvalue weighted by Gasteiger charge is 2.21. The minimum atomic E-state index is -4.51. The van der Waals surface area contributed by atoms with E-state index in [-0.39, 0.29) is 17.1 Å². The molecule has 0 bridgehead atoms. The van der Waals surface area contributed by atoms with Crippen molar-refractivity contribution in [3.63, 3.8) is 0 Å². The Hall–Kier alpha value is -3.84. The molecule has 0 spiro atoms. The number of hydrogen-bond acceptors (Lipinski definition) is 7. The second-order valence-corrected chi connectivity index (χ2v) is 8.74. The van der Waals surface area contributed by atoms with E-state index in [0.29, 0.717) is 11.7 Å². The van der Waals surface area contributed by atoms with E-state index < -0.39 is 20.6 Å². The fraction of sp³-hybridized carbons (Fsp3) is 0.261. The number of ether oxygens (including phenoxy) is 1. The van der Waals surface area contributed by atoms with Crippen LogP contribution in [-0.2, 0) is 10.1 Å². The number of rotatable bonds is 6. The lowest BCUT2D eigenvalue weighted by molar-refractivity contribution is 0.419. The number of para-hydroxylation sites is 1. The molecule has 0 saturated heterocycles. The van der Waals surface area contributed by atoms with Crippen LogP contribution in [-0.4, -0.2) is 13.0 Å². The molecule has 0 aliphatic heterocycles. The Morgan fingerprint density at radius 3 is 2.28 bits per heavy atom. The van der Waals surface area contributed by atoms with Gasteiger partial charge in [0.25, 0.3) is 10.1 Å². The Bertz CT molecular complexity index is 1260. The Balaban J connectivity index is 2.07. The number of nitrogens with one attached hydrogen (secondary N) is 1. The number of benzene rings is 2. The van der Waals surface area contributed by atoms with Crippen molar-refractivity contribution in [2.24, 2.45) is 0 Å². The van der Waals surface area contributed by atoms with Gasteiger partial charge >= 0.3 is 0 Å². The topological polar surface area (TPSA) is 147 Å². The minimum Gasteiger partial charge on any atom is -0.455 e. The first-order valence-corrected chi connectivity index (χ1v) is 11.4. The minimum absolute atomic E-state index is 0.0198. The van der Waals surface area contributed by atoms with Crippen LogP contribution in [0.3, 0.4) is 0 Å². The van der Waals surface area contributed by atoms with E-state index in [2.05, 4.69) is 5.32 Å². The summed E-state index contributed by atoms with van der Waals surface area (Å²) in [6.07, 6.45) is 5.46. The number of hydrogen-bond donors (Lipinski definition) is 2. The largest absolute Gasteiger partial charge is 0.455 e. The van der Waals surface area contributed by atoms with Crippen LogP contribution < -0.4 is 10.1 Å². The molecule has 1 saturated carbocycles. The van der Waals surface area contributed by atoms with Gasteiger partial charge in [-0.2, -0.15) is 24.2 Å². The first kappa shape index (κ1) is 22.8. The van der Waals surface area contributed by atoms with Gasteiger partial charge in [-0.1, -0.05) is 37.5 Å². The van der Waals surface area contributed by atoms with E-state index in [1.165, 1.54) is 12.5 Å². The maximum atomic E-state index is 11.7. The predicted octanol–water partition coefficient (Wildman–Crippen LogP) is 5.01. The first-order valence-electron chi connectivity index (χ1n) is 9.97. The van der Waals surface area contributed by atoms with Gasteiger partial charge in [-0.3, -0.25) is 4.55 Å². The quantitative estimate of drug-likeness (QED) is 0.463. The number of nitriles is 3. The molecule has 1 aliphatic rings.